The van der Waals surface area contributed by atoms with Gasteiger partial charge in [0.25, 0.3) is 0 Å². The lowest BCUT2D eigenvalue weighted by molar-refractivity contribution is -0.147. The van der Waals surface area contributed by atoms with Crippen molar-refractivity contribution in [2.45, 2.75) is 80.2 Å². The van der Waals surface area contributed by atoms with Gasteiger partial charge < -0.3 is 10.0 Å². The minimum absolute atomic E-state index is 0.0962. The monoisotopic (exact) mass is 435 g/mol. The Labute approximate surface area is 189 Å². The summed E-state index contributed by atoms with van der Waals surface area (Å²) in [6.07, 6.45) is 12.9. The maximum Gasteiger partial charge on any atom is 0.327 e. The first kappa shape index (κ1) is 28.2. The van der Waals surface area contributed by atoms with E-state index in [4.69, 9.17) is 0 Å². The van der Waals surface area contributed by atoms with E-state index in [1.54, 1.807) is 0 Å². The summed E-state index contributed by atoms with van der Waals surface area (Å²) in [4.78, 5) is 24.7. The summed E-state index contributed by atoms with van der Waals surface area (Å²) in [5, 5.41) is 9.33. The van der Waals surface area contributed by atoms with Crippen molar-refractivity contribution in [3.8, 4) is 0 Å². The zero-order chi connectivity index (χ0) is 23.3. The van der Waals surface area contributed by atoms with E-state index in [9.17, 15) is 14.7 Å². The molecule has 2 atom stereocenters. The van der Waals surface area contributed by atoms with Crippen molar-refractivity contribution in [3.63, 3.8) is 0 Å². The van der Waals surface area contributed by atoms with E-state index in [1.807, 2.05) is 13.0 Å². The molecular weight excluding hydrogens is 394 g/mol. The molecule has 1 unspecified atom stereocenters. The van der Waals surface area contributed by atoms with Gasteiger partial charge in [-0.3, -0.25) is 4.79 Å². The number of hydrogen-bond donors (Lipinski definition) is 2. The second kappa shape index (κ2) is 15.1. The van der Waals surface area contributed by atoms with Gasteiger partial charge in [-0.1, -0.05) is 46.6 Å². The average Bonchev–Trinajstić information content (AvgIpc) is 2.61. The van der Waals surface area contributed by atoms with Crippen molar-refractivity contribution in [1.82, 2.24) is 4.90 Å². The topological polar surface area (TPSA) is 57.6 Å². The van der Waals surface area contributed by atoms with Crippen LogP contribution in [-0.4, -0.2) is 40.2 Å². The maximum absolute atomic E-state index is 11.9. The standard InChI is InChI=1S/C25H41NO3S/c1-18(2)9-8-10-20(5)11-12-23(15-19(3)4)16-21(6)13-14-26(22(7)27)24(17-30)25(28)29/h9,11,13,15,23-24,30H,8,10,12,14,16-17H2,1-7H3,(H,28,29)/b20-11+,21-13+/t23?,24-/m0/s1. The van der Waals surface area contributed by atoms with E-state index < -0.39 is 12.0 Å². The molecule has 1 amide bonds. The first-order valence-electron chi connectivity index (χ1n) is 10.7. The Morgan fingerprint density at radius 2 is 1.57 bits per heavy atom. The number of carbonyl (C=O) groups is 2. The predicted molar refractivity (Wildman–Crippen MR) is 131 cm³/mol. The number of hydrogen-bond acceptors (Lipinski definition) is 3. The third kappa shape index (κ3) is 12.7. The van der Waals surface area contributed by atoms with Crippen molar-refractivity contribution in [2.24, 2.45) is 5.92 Å². The van der Waals surface area contributed by atoms with Crippen LogP contribution in [0.4, 0.5) is 0 Å². The van der Waals surface area contributed by atoms with Crippen LogP contribution in [0.2, 0.25) is 0 Å². The average molecular weight is 436 g/mol. The highest BCUT2D eigenvalue weighted by Crippen LogP contribution is 2.21. The van der Waals surface area contributed by atoms with Gasteiger partial charge in [-0.05, 0) is 73.1 Å². The molecule has 0 saturated carbocycles. The van der Waals surface area contributed by atoms with Crippen LogP contribution in [-0.2, 0) is 9.59 Å². The van der Waals surface area contributed by atoms with E-state index in [2.05, 4.69) is 65.5 Å². The van der Waals surface area contributed by atoms with Crippen LogP contribution in [0.1, 0.15) is 74.1 Å². The molecule has 0 aliphatic heterocycles. The Hall–Kier alpha value is -1.75. The number of nitrogens with zero attached hydrogens (tertiary/aromatic N) is 1. The van der Waals surface area contributed by atoms with Gasteiger partial charge in [-0.25, -0.2) is 4.79 Å². The van der Waals surface area contributed by atoms with E-state index in [1.165, 1.54) is 28.5 Å². The lowest BCUT2D eigenvalue weighted by Crippen LogP contribution is -2.45. The highest BCUT2D eigenvalue weighted by molar-refractivity contribution is 7.80. The Bertz CT molecular complexity index is 681. The van der Waals surface area contributed by atoms with E-state index >= 15 is 0 Å². The number of carbonyl (C=O) groups excluding carboxylic acids is 1. The summed E-state index contributed by atoms with van der Waals surface area (Å²) in [7, 11) is 0. The van der Waals surface area contributed by atoms with Gasteiger partial charge in [0.15, 0.2) is 0 Å². The molecule has 0 aromatic carbocycles. The summed E-state index contributed by atoms with van der Waals surface area (Å²) in [5.41, 5.74) is 5.20. The third-order valence-electron chi connectivity index (χ3n) is 4.89. The van der Waals surface area contributed by atoms with Crippen LogP contribution >= 0.6 is 12.6 Å². The lowest BCUT2D eigenvalue weighted by Gasteiger charge is -2.26. The minimum atomic E-state index is -1.03. The summed E-state index contributed by atoms with van der Waals surface area (Å²) in [5.74, 6) is -0.798. The molecule has 0 rings (SSSR count). The van der Waals surface area contributed by atoms with Crippen LogP contribution in [0.15, 0.2) is 46.6 Å². The first-order valence-corrected chi connectivity index (χ1v) is 11.3. The second-order valence-corrected chi connectivity index (χ2v) is 8.94. The summed E-state index contributed by atoms with van der Waals surface area (Å²) < 4.78 is 0. The number of allylic oxidation sites excluding steroid dienone is 7. The highest BCUT2D eigenvalue weighted by atomic mass is 32.1. The number of carboxylic acids is 1. The van der Waals surface area contributed by atoms with Crippen LogP contribution in [0.5, 0.6) is 0 Å². The van der Waals surface area contributed by atoms with Gasteiger partial charge in [0.05, 0.1) is 0 Å². The Balaban J connectivity index is 5.15. The van der Waals surface area contributed by atoms with Crippen molar-refractivity contribution in [3.05, 3.63) is 46.6 Å². The molecule has 0 spiro atoms. The maximum atomic E-state index is 11.9. The number of aliphatic carboxylic acids is 1. The van der Waals surface area contributed by atoms with E-state index in [0.29, 0.717) is 5.92 Å². The third-order valence-corrected chi connectivity index (χ3v) is 5.23. The molecule has 0 aromatic rings. The zero-order valence-corrected chi connectivity index (χ0v) is 20.8. The molecule has 170 valence electrons. The molecule has 4 nitrogen and oxygen atoms in total. The van der Waals surface area contributed by atoms with Crippen LogP contribution in [0.25, 0.3) is 0 Å². The molecule has 1 N–H and O–H groups in total. The lowest BCUT2D eigenvalue weighted by atomic mass is 9.93. The van der Waals surface area contributed by atoms with Crippen molar-refractivity contribution in [2.75, 3.05) is 12.3 Å². The molecule has 0 bridgehead atoms. The molecule has 0 aliphatic carbocycles. The second-order valence-electron chi connectivity index (χ2n) is 8.57. The number of amides is 1. The van der Waals surface area contributed by atoms with Gasteiger partial charge in [-0.15, -0.1) is 0 Å². The molecule has 0 radical (unpaired) electrons. The molecule has 0 saturated heterocycles. The summed E-state index contributed by atoms with van der Waals surface area (Å²) >= 11 is 4.10. The zero-order valence-electron chi connectivity index (χ0n) is 19.9. The van der Waals surface area contributed by atoms with Crippen molar-refractivity contribution >= 4 is 24.5 Å². The van der Waals surface area contributed by atoms with Crippen LogP contribution < -0.4 is 0 Å². The van der Waals surface area contributed by atoms with Gasteiger partial charge in [0, 0.05) is 19.2 Å². The SMILES string of the molecule is CC(=O)N(C/C=C(\C)CC(C=C(C)C)C/C=C(\C)CCC=C(C)C)[C@@H](CS)C(=O)O. The fourth-order valence-corrected chi connectivity index (χ4v) is 3.61. The van der Waals surface area contributed by atoms with Gasteiger partial charge >= 0.3 is 5.97 Å². The Morgan fingerprint density at radius 1 is 0.933 bits per heavy atom. The molecule has 30 heavy (non-hydrogen) atoms. The normalized spacial score (nSPS) is 14.0. The fourth-order valence-electron chi connectivity index (χ4n) is 3.26. The largest absolute Gasteiger partial charge is 0.480 e. The van der Waals surface area contributed by atoms with Crippen molar-refractivity contribution in [1.29, 1.82) is 0 Å². The predicted octanol–water partition coefficient (Wildman–Crippen LogP) is 6.22. The first-order chi connectivity index (χ1) is 14.0. The van der Waals surface area contributed by atoms with Crippen LogP contribution in [0.3, 0.4) is 0 Å². The van der Waals surface area contributed by atoms with Crippen molar-refractivity contribution < 1.29 is 14.7 Å². The van der Waals surface area contributed by atoms with E-state index in [0.717, 1.165) is 31.3 Å². The molecule has 0 fully saturated rings. The van der Waals surface area contributed by atoms with Gasteiger partial charge in [0.1, 0.15) is 6.04 Å². The molecule has 0 heterocycles. The Morgan fingerprint density at radius 3 is 2.03 bits per heavy atom. The number of rotatable bonds is 13. The molecule has 5 heteroatoms. The van der Waals surface area contributed by atoms with Crippen LogP contribution in [0, 0.1) is 5.92 Å². The van der Waals surface area contributed by atoms with Gasteiger partial charge in [0.2, 0.25) is 5.91 Å². The molecular formula is C25H41NO3S. The fraction of sp³-hybridized carbons (Fsp3) is 0.600. The quantitative estimate of drug-likeness (QED) is 0.267. The number of carboxylic acid groups (broad SMARTS) is 1. The molecule has 0 aliphatic rings. The van der Waals surface area contributed by atoms with Gasteiger partial charge in [-0.2, -0.15) is 12.6 Å². The highest BCUT2D eigenvalue weighted by Gasteiger charge is 2.25. The number of thiol groups is 1. The molecule has 0 aromatic heterocycles. The summed E-state index contributed by atoms with van der Waals surface area (Å²) in [6.45, 7) is 14.4. The Kier molecular flexibility index (Phi) is 14.2. The smallest absolute Gasteiger partial charge is 0.327 e. The van der Waals surface area contributed by atoms with E-state index in [-0.39, 0.29) is 18.2 Å². The minimum Gasteiger partial charge on any atom is -0.480 e. The summed E-state index contributed by atoms with van der Waals surface area (Å²) in [6, 6.07) is -0.908.